The number of hydrogen-bond acceptors (Lipinski definition) is 4. The number of hydrogen-bond donors (Lipinski definition) is 1. The van der Waals surface area contributed by atoms with Gasteiger partial charge >= 0.3 is 5.97 Å². The van der Waals surface area contributed by atoms with Gasteiger partial charge in [-0.15, -0.1) is 11.8 Å². The zero-order chi connectivity index (χ0) is 21.4. The van der Waals surface area contributed by atoms with Gasteiger partial charge in [0.1, 0.15) is 16.9 Å². The Labute approximate surface area is 181 Å². The Hall–Kier alpha value is -1.93. The van der Waals surface area contributed by atoms with Gasteiger partial charge in [0, 0.05) is 14.9 Å². The molecule has 0 heterocycles. The van der Waals surface area contributed by atoms with Gasteiger partial charge in [-0.2, -0.15) is 0 Å². The number of carbonyl (C=O) groups is 2. The maximum absolute atomic E-state index is 14.4. The van der Waals surface area contributed by atoms with Crippen molar-refractivity contribution < 1.29 is 23.1 Å². The molecule has 156 valence electrons. The first-order valence-corrected chi connectivity index (χ1v) is 10.9. The number of thioether (sulfide) groups is 1. The molecule has 2 aromatic carbocycles. The number of rotatable bonds is 9. The topological polar surface area (TPSA) is 55.4 Å². The Kier molecular flexibility index (Phi) is 9.10. The predicted octanol–water partition coefficient (Wildman–Crippen LogP) is 6.19. The molecular weight excluding hydrogens is 464 g/mol. The number of anilines is 1. The fraction of sp³-hybridized carbons (Fsp3) is 0.333. The minimum atomic E-state index is -0.647. The number of carbonyl (C=O) groups excluding carboxylic acids is 2. The lowest BCUT2D eigenvalue weighted by molar-refractivity contribution is -0.143. The molecule has 0 aliphatic rings. The average Bonchev–Trinajstić information content (AvgIpc) is 2.69. The lowest BCUT2D eigenvalue weighted by atomic mass is 10.2. The van der Waals surface area contributed by atoms with Crippen molar-refractivity contribution in [2.24, 2.45) is 0 Å². The zero-order valence-corrected chi connectivity index (χ0v) is 18.5. The second-order valence-corrected chi connectivity index (χ2v) is 8.39. The summed E-state index contributed by atoms with van der Waals surface area (Å²) < 4.78 is 33.4. The van der Waals surface area contributed by atoms with Crippen LogP contribution in [0.25, 0.3) is 0 Å². The highest BCUT2D eigenvalue weighted by Crippen LogP contribution is 2.36. The highest BCUT2D eigenvalue weighted by Gasteiger charge is 2.23. The lowest BCUT2D eigenvalue weighted by Crippen LogP contribution is -2.20. The molecular formula is C21H22BrF2NO3S. The molecule has 2 rings (SSSR count). The van der Waals surface area contributed by atoms with Crippen molar-refractivity contribution in [1.82, 2.24) is 0 Å². The van der Waals surface area contributed by atoms with Gasteiger partial charge in [0.25, 0.3) is 5.91 Å². The van der Waals surface area contributed by atoms with Gasteiger partial charge in [-0.1, -0.05) is 26.3 Å². The van der Waals surface area contributed by atoms with Crippen LogP contribution in [0.3, 0.4) is 0 Å². The van der Waals surface area contributed by atoms with Crippen LogP contribution in [0, 0.1) is 11.6 Å². The Bertz CT molecular complexity index is 879. The van der Waals surface area contributed by atoms with Crippen LogP contribution >= 0.6 is 27.7 Å². The number of esters is 1. The summed E-state index contributed by atoms with van der Waals surface area (Å²) in [5.41, 5.74) is 0.0238. The second-order valence-electron chi connectivity index (χ2n) is 6.29. The van der Waals surface area contributed by atoms with Crippen LogP contribution < -0.4 is 5.32 Å². The summed E-state index contributed by atoms with van der Waals surface area (Å²) in [6.45, 7) is 4.23. The van der Waals surface area contributed by atoms with Gasteiger partial charge in [0.05, 0.1) is 12.3 Å². The number of ether oxygens (including phenoxy) is 1. The third-order valence-corrected chi connectivity index (χ3v) is 6.11. The number of nitrogens with one attached hydrogen (secondary N) is 1. The van der Waals surface area contributed by atoms with Gasteiger partial charge in [0.15, 0.2) is 0 Å². The molecule has 1 amide bonds. The van der Waals surface area contributed by atoms with Crippen LogP contribution in [0.5, 0.6) is 0 Å². The van der Waals surface area contributed by atoms with E-state index in [1.54, 1.807) is 0 Å². The van der Waals surface area contributed by atoms with E-state index in [2.05, 4.69) is 21.2 Å². The van der Waals surface area contributed by atoms with Crippen LogP contribution in [0.1, 0.15) is 43.5 Å². The van der Waals surface area contributed by atoms with Gasteiger partial charge < -0.3 is 10.1 Å². The maximum Gasteiger partial charge on any atom is 0.319 e. The fourth-order valence-electron chi connectivity index (χ4n) is 2.48. The van der Waals surface area contributed by atoms with E-state index < -0.39 is 22.8 Å². The van der Waals surface area contributed by atoms with Crippen LogP contribution in [-0.2, 0) is 9.53 Å². The molecule has 0 aromatic heterocycles. The van der Waals surface area contributed by atoms with Crippen molar-refractivity contribution in [3.8, 4) is 0 Å². The van der Waals surface area contributed by atoms with Gasteiger partial charge in [-0.25, -0.2) is 8.78 Å². The monoisotopic (exact) mass is 485 g/mol. The summed E-state index contributed by atoms with van der Waals surface area (Å²) in [5, 5.41) is 2.01. The van der Waals surface area contributed by atoms with Crippen molar-refractivity contribution in [1.29, 1.82) is 0 Å². The summed E-state index contributed by atoms with van der Waals surface area (Å²) in [4.78, 5) is 25.2. The molecule has 2 aromatic rings. The molecule has 8 heteroatoms. The molecule has 0 saturated heterocycles. The first-order valence-electron chi connectivity index (χ1n) is 9.25. The Morgan fingerprint density at radius 1 is 1.17 bits per heavy atom. The van der Waals surface area contributed by atoms with E-state index in [0.29, 0.717) is 22.4 Å². The first kappa shape index (κ1) is 23.3. The lowest BCUT2D eigenvalue weighted by Gasteiger charge is -2.17. The highest BCUT2D eigenvalue weighted by atomic mass is 79.9. The highest BCUT2D eigenvalue weighted by molar-refractivity contribution is 9.10. The van der Waals surface area contributed by atoms with Gasteiger partial charge in [0.2, 0.25) is 0 Å². The minimum Gasteiger partial charge on any atom is -0.465 e. The quantitative estimate of drug-likeness (QED) is 0.339. The van der Waals surface area contributed by atoms with E-state index >= 15 is 0 Å². The van der Waals surface area contributed by atoms with Crippen molar-refractivity contribution >= 4 is 45.3 Å². The predicted molar refractivity (Wildman–Crippen MR) is 114 cm³/mol. The van der Waals surface area contributed by atoms with Gasteiger partial charge in [-0.05, 0) is 59.1 Å². The van der Waals surface area contributed by atoms with E-state index in [-0.39, 0.29) is 17.2 Å². The Balaban J connectivity index is 2.23. The molecule has 1 atom stereocenters. The smallest absolute Gasteiger partial charge is 0.319 e. The summed E-state index contributed by atoms with van der Waals surface area (Å²) in [6.07, 6.45) is 2.11. The molecule has 0 fully saturated rings. The first-order chi connectivity index (χ1) is 13.8. The molecule has 0 bridgehead atoms. The molecule has 0 spiro atoms. The average molecular weight is 486 g/mol. The molecule has 0 aliphatic heterocycles. The Morgan fingerprint density at radius 2 is 1.93 bits per heavy atom. The normalized spacial score (nSPS) is 11.8. The third-order valence-electron chi connectivity index (χ3n) is 3.89. The number of halogens is 3. The fourth-order valence-corrected chi connectivity index (χ4v) is 4.25. The molecule has 4 nitrogen and oxygen atoms in total. The molecule has 0 saturated carbocycles. The summed E-state index contributed by atoms with van der Waals surface area (Å²) >= 11 is 4.56. The zero-order valence-electron chi connectivity index (χ0n) is 16.1. The SMILES string of the molecule is CCCOC(=O)C(CCC)Sc1cc(NC(=O)c2cccc(F)c2)c(F)cc1Br. The third kappa shape index (κ3) is 6.82. The number of benzene rings is 2. The van der Waals surface area contributed by atoms with Crippen molar-refractivity contribution in [2.75, 3.05) is 11.9 Å². The minimum absolute atomic E-state index is 0.0536. The van der Waals surface area contributed by atoms with E-state index in [9.17, 15) is 18.4 Å². The largest absolute Gasteiger partial charge is 0.465 e. The van der Waals surface area contributed by atoms with E-state index in [4.69, 9.17) is 4.74 Å². The van der Waals surface area contributed by atoms with Crippen molar-refractivity contribution in [2.45, 2.75) is 43.3 Å². The van der Waals surface area contributed by atoms with Crippen molar-refractivity contribution in [3.63, 3.8) is 0 Å². The summed E-state index contributed by atoms with van der Waals surface area (Å²) in [7, 11) is 0. The second kappa shape index (κ2) is 11.3. The van der Waals surface area contributed by atoms with E-state index in [0.717, 1.165) is 18.9 Å². The molecule has 0 radical (unpaired) electrons. The van der Waals surface area contributed by atoms with E-state index in [1.165, 1.54) is 42.1 Å². The van der Waals surface area contributed by atoms with Crippen LogP contribution in [0.2, 0.25) is 0 Å². The Morgan fingerprint density at radius 3 is 2.59 bits per heavy atom. The van der Waals surface area contributed by atoms with Crippen LogP contribution in [0.15, 0.2) is 45.8 Å². The van der Waals surface area contributed by atoms with Crippen molar-refractivity contribution in [3.05, 3.63) is 58.1 Å². The maximum atomic E-state index is 14.4. The van der Waals surface area contributed by atoms with E-state index in [1.807, 2.05) is 13.8 Å². The summed E-state index contributed by atoms with van der Waals surface area (Å²) in [6, 6.07) is 7.81. The summed E-state index contributed by atoms with van der Waals surface area (Å²) in [5.74, 6) is -2.15. The van der Waals surface area contributed by atoms with Crippen LogP contribution in [-0.4, -0.2) is 23.7 Å². The molecule has 1 unspecified atom stereocenters. The number of amides is 1. The molecule has 0 aliphatic carbocycles. The molecule has 1 N–H and O–H groups in total. The standard InChI is InChI=1S/C21H22BrF2NO3S/c1-3-6-18(21(27)28-9-4-2)29-19-12-17(16(24)11-15(19)22)25-20(26)13-7-5-8-14(23)10-13/h5,7-8,10-12,18H,3-4,6,9H2,1-2H3,(H,25,26). The van der Waals surface area contributed by atoms with Crippen LogP contribution in [0.4, 0.5) is 14.5 Å². The molecule has 29 heavy (non-hydrogen) atoms. The van der Waals surface area contributed by atoms with Gasteiger partial charge in [-0.3, -0.25) is 9.59 Å².